The topological polar surface area (TPSA) is 33.1 Å². The van der Waals surface area contributed by atoms with Gasteiger partial charge in [0, 0.05) is 34.5 Å². The molecule has 144 valence electrons. The fourth-order valence-corrected chi connectivity index (χ4v) is 4.99. The summed E-state index contributed by atoms with van der Waals surface area (Å²) in [5.41, 5.74) is 2.25. The molecule has 0 aliphatic heterocycles. The SMILES string of the molecule is C=C(F)/C=C(F)\C=C/Cc1csc(-c2ccc(Cl)s2)c1C(O)c1cccnc1. The number of allylic oxidation sites excluding steroid dienone is 5. The third kappa shape index (κ3) is 5.02. The van der Waals surface area contributed by atoms with Crippen molar-refractivity contribution in [1.82, 2.24) is 4.98 Å². The summed E-state index contributed by atoms with van der Waals surface area (Å²) in [5.74, 6) is -1.57. The van der Waals surface area contributed by atoms with Gasteiger partial charge in [0.25, 0.3) is 0 Å². The molecule has 1 atom stereocenters. The quantitative estimate of drug-likeness (QED) is 0.403. The van der Waals surface area contributed by atoms with Gasteiger partial charge in [-0.3, -0.25) is 4.98 Å². The molecule has 0 saturated carbocycles. The minimum absolute atomic E-state index is 0.377. The lowest BCUT2D eigenvalue weighted by Crippen LogP contribution is -2.03. The van der Waals surface area contributed by atoms with Gasteiger partial charge in [-0.1, -0.05) is 30.3 Å². The van der Waals surface area contributed by atoms with Crippen LogP contribution in [0.15, 0.2) is 78.5 Å². The van der Waals surface area contributed by atoms with Gasteiger partial charge < -0.3 is 5.11 Å². The molecule has 3 heterocycles. The Hall–Kier alpha value is -2.12. The molecule has 0 radical (unpaired) electrons. The van der Waals surface area contributed by atoms with Gasteiger partial charge in [0.15, 0.2) is 0 Å². The molecule has 3 rings (SSSR count). The molecular formula is C21H16ClF2NOS2. The summed E-state index contributed by atoms with van der Waals surface area (Å²) in [5, 5.41) is 12.9. The van der Waals surface area contributed by atoms with Crippen LogP contribution in [0.2, 0.25) is 4.34 Å². The highest BCUT2D eigenvalue weighted by Crippen LogP contribution is 2.43. The van der Waals surface area contributed by atoms with Crippen LogP contribution in [0.5, 0.6) is 0 Å². The van der Waals surface area contributed by atoms with Crippen LogP contribution in [-0.4, -0.2) is 10.1 Å². The third-order valence-electron chi connectivity index (χ3n) is 3.89. The number of thiophene rings is 2. The molecule has 0 bridgehead atoms. The number of hydrogen-bond acceptors (Lipinski definition) is 4. The summed E-state index contributed by atoms with van der Waals surface area (Å²) < 4.78 is 26.9. The lowest BCUT2D eigenvalue weighted by atomic mass is 9.97. The molecule has 2 nitrogen and oxygen atoms in total. The second-order valence-corrected chi connectivity index (χ2v) is 8.47. The lowest BCUT2D eigenvalue weighted by molar-refractivity contribution is 0.220. The molecule has 0 spiro atoms. The normalized spacial score (nSPS) is 13.2. The molecule has 0 aromatic carbocycles. The second-order valence-electron chi connectivity index (χ2n) is 5.88. The summed E-state index contributed by atoms with van der Waals surface area (Å²) in [6.45, 7) is 3.01. The Bertz CT molecular complexity index is 1020. The molecule has 0 aliphatic carbocycles. The molecule has 3 aromatic heterocycles. The first-order valence-corrected chi connectivity index (χ1v) is 10.3. The van der Waals surface area contributed by atoms with Crippen molar-refractivity contribution in [3.8, 4) is 9.75 Å². The van der Waals surface area contributed by atoms with Crippen LogP contribution < -0.4 is 0 Å². The first-order chi connectivity index (χ1) is 13.5. The summed E-state index contributed by atoms with van der Waals surface area (Å²) in [7, 11) is 0. The maximum absolute atomic E-state index is 13.6. The Labute approximate surface area is 174 Å². The predicted octanol–water partition coefficient (Wildman–Crippen LogP) is 7.04. The van der Waals surface area contributed by atoms with Crippen molar-refractivity contribution in [2.45, 2.75) is 12.5 Å². The van der Waals surface area contributed by atoms with Crippen LogP contribution in [0, 0.1) is 0 Å². The van der Waals surface area contributed by atoms with E-state index in [0.717, 1.165) is 20.9 Å². The number of aromatic nitrogens is 1. The number of halogens is 3. The molecule has 0 fully saturated rings. The van der Waals surface area contributed by atoms with Crippen molar-refractivity contribution >= 4 is 34.3 Å². The van der Waals surface area contributed by atoms with Crippen molar-refractivity contribution in [3.63, 3.8) is 0 Å². The Kier molecular flexibility index (Phi) is 6.91. The third-order valence-corrected chi connectivity index (χ3v) is 6.35. The molecule has 1 unspecified atom stereocenters. The highest BCUT2D eigenvalue weighted by molar-refractivity contribution is 7.23. The maximum atomic E-state index is 13.6. The fraction of sp³-hybridized carbons (Fsp3) is 0.0952. The monoisotopic (exact) mass is 435 g/mol. The number of rotatable bonds is 7. The van der Waals surface area contributed by atoms with Crippen LogP contribution in [0.4, 0.5) is 8.78 Å². The maximum Gasteiger partial charge on any atom is 0.125 e. The Morgan fingerprint density at radius 1 is 1.32 bits per heavy atom. The first kappa shape index (κ1) is 20.6. The zero-order chi connectivity index (χ0) is 20.1. The number of hydrogen-bond donors (Lipinski definition) is 1. The van der Waals surface area contributed by atoms with Gasteiger partial charge in [-0.2, -0.15) is 0 Å². The number of aliphatic hydroxyl groups excluding tert-OH is 1. The smallest absolute Gasteiger partial charge is 0.125 e. The van der Waals surface area contributed by atoms with E-state index in [9.17, 15) is 13.9 Å². The molecule has 7 heteroatoms. The van der Waals surface area contributed by atoms with Gasteiger partial charge in [-0.25, -0.2) is 8.78 Å². The van der Waals surface area contributed by atoms with E-state index in [1.807, 2.05) is 17.5 Å². The van der Waals surface area contributed by atoms with Crippen LogP contribution >= 0.6 is 34.3 Å². The number of nitrogens with zero attached hydrogens (tertiary/aromatic N) is 1. The van der Waals surface area contributed by atoms with Crippen molar-refractivity contribution < 1.29 is 13.9 Å². The number of pyridine rings is 1. The summed E-state index contributed by atoms with van der Waals surface area (Å²) >= 11 is 9.00. The summed E-state index contributed by atoms with van der Waals surface area (Å²) in [6.07, 6.45) is 6.23. The minimum atomic E-state index is -0.884. The second kappa shape index (κ2) is 9.39. The van der Waals surface area contributed by atoms with Gasteiger partial charge in [-0.15, -0.1) is 22.7 Å². The zero-order valence-electron chi connectivity index (χ0n) is 14.6. The van der Waals surface area contributed by atoms with Gasteiger partial charge in [0.2, 0.25) is 0 Å². The molecular weight excluding hydrogens is 420 g/mol. The molecule has 0 saturated heterocycles. The van der Waals surface area contributed by atoms with Crippen molar-refractivity contribution in [3.05, 3.63) is 99.5 Å². The Morgan fingerprint density at radius 2 is 2.14 bits per heavy atom. The highest BCUT2D eigenvalue weighted by Gasteiger charge is 2.22. The summed E-state index contributed by atoms with van der Waals surface area (Å²) in [4.78, 5) is 5.93. The largest absolute Gasteiger partial charge is 0.384 e. The van der Waals surface area contributed by atoms with Gasteiger partial charge in [0.05, 0.1) is 9.21 Å². The van der Waals surface area contributed by atoms with E-state index in [4.69, 9.17) is 11.6 Å². The van der Waals surface area contributed by atoms with Crippen LogP contribution in [0.25, 0.3) is 9.75 Å². The average Bonchev–Trinajstić information content (AvgIpc) is 3.27. The van der Waals surface area contributed by atoms with Gasteiger partial charge >= 0.3 is 0 Å². The minimum Gasteiger partial charge on any atom is -0.384 e. The predicted molar refractivity (Wildman–Crippen MR) is 113 cm³/mol. The summed E-state index contributed by atoms with van der Waals surface area (Å²) in [6, 6.07) is 7.28. The van der Waals surface area contributed by atoms with Crippen LogP contribution in [0.3, 0.4) is 0 Å². The Balaban J connectivity index is 1.97. The molecule has 0 aliphatic rings. The van der Waals surface area contributed by atoms with E-state index >= 15 is 0 Å². The zero-order valence-corrected chi connectivity index (χ0v) is 17.0. The Morgan fingerprint density at radius 3 is 2.79 bits per heavy atom. The van der Waals surface area contributed by atoms with Crippen LogP contribution in [0.1, 0.15) is 22.8 Å². The highest BCUT2D eigenvalue weighted by atomic mass is 35.5. The lowest BCUT2D eigenvalue weighted by Gasteiger charge is -2.14. The standard InChI is InChI=1S/C21H16ClF2NOS2/c1-13(23)10-16(24)6-2-4-15-12-27-21(17-7-8-18(22)28-17)19(15)20(26)14-5-3-9-25-11-14/h2-3,5-12,20,26H,1,4H2/b6-2-,16-10+. The van der Waals surface area contributed by atoms with E-state index in [2.05, 4.69) is 11.6 Å². The number of aliphatic hydroxyl groups is 1. The van der Waals surface area contributed by atoms with Crippen LogP contribution in [-0.2, 0) is 6.42 Å². The van der Waals surface area contributed by atoms with E-state index in [-0.39, 0.29) is 0 Å². The van der Waals surface area contributed by atoms with Gasteiger partial charge in [0.1, 0.15) is 17.8 Å². The van der Waals surface area contributed by atoms with E-state index in [1.165, 1.54) is 28.7 Å². The molecule has 0 amide bonds. The molecule has 28 heavy (non-hydrogen) atoms. The van der Waals surface area contributed by atoms with E-state index < -0.39 is 17.8 Å². The van der Waals surface area contributed by atoms with Crippen molar-refractivity contribution in [2.75, 3.05) is 0 Å². The average molecular weight is 436 g/mol. The van der Waals surface area contributed by atoms with Crippen molar-refractivity contribution in [2.24, 2.45) is 0 Å². The van der Waals surface area contributed by atoms with Gasteiger partial charge in [-0.05, 0) is 41.6 Å². The first-order valence-electron chi connectivity index (χ1n) is 8.28. The van der Waals surface area contributed by atoms with E-state index in [0.29, 0.717) is 22.4 Å². The molecule has 3 aromatic rings. The van der Waals surface area contributed by atoms with Crippen molar-refractivity contribution in [1.29, 1.82) is 0 Å². The molecule has 1 N–H and O–H groups in total. The fourth-order valence-electron chi connectivity index (χ4n) is 2.69. The van der Waals surface area contributed by atoms with E-state index in [1.54, 1.807) is 30.6 Å².